The Morgan fingerprint density at radius 1 is 1.17 bits per heavy atom. The predicted molar refractivity (Wildman–Crippen MR) is 90.9 cm³/mol. The highest BCUT2D eigenvalue weighted by Crippen LogP contribution is 2.20. The highest BCUT2D eigenvalue weighted by molar-refractivity contribution is 6.36. The minimum absolute atomic E-state index is 0.185. The Kier molecular flexibility index (Phi) is 6.28. The summed E-state index contributed by atoms with van der Waals surface area (Å²) in [6.07, 6.45) is 1.29. The Hall–Kier alpha value is -2.44. The van der Waals surface area contributed by atoms with Gasteiger partial charge in [-0.1, -0.05) is 35.3 Å². The minimum Gasteiger partial charge on any atom is -0.343 e. The van der Waals surface area contributed by atoms with E-state index in [0.29, 0.717) is 10.6 Å². The zero-order valence-corrected chi connectivity index (χ0v) is 13.7. The molecule has 8 heteroatoms. The molecule has 2 amide bonds. The third kappa shape index (κ3) is 5.33. The molecule has 0 radical (unpaired) electrons. The van der Waals surface area contributed by atoms with Gasteiger partial charge in [0.25, 0.3) is 11.8 Å². The van der Waals surface area contributed by atoms with Crippen LogP contribution in [0, 0.1) is 5.82 Å². The highest BCUT2D eigenvalue weighted by Gasteiger charge is 2.11. The number of carbonyl (C=O) groups is 2. The molecule has 0 aliphatic heterocycles. The van der Waals surface area contributed by atoms with E-state index >= 15 is 0 Å². The van der Waals surface area contributed by atoms with Gasteiger partial charge in [0.1, 0.15) is 5.82 Å². The molecule has 2 aromatic carbocycles. The van der Waals surface area contributed by atoms with Crippen LogP contribution in [-0.2, 0) is 4.79 Å². The van der Waals surface area contributed by atoms with E-state index in [1.165, 1.54) is 42.6 Å². The van der Waals surface area contributed by atoms with Gasteiger partial charge >= 0.3 is 0 Å². The second kappa shape index (κ2) is 8.42. The van der Waals surface area contributed by atoms with Crippen molar-refractivity contribution in [3.8, 4) is 0 Å². The lowest BCUT2D eigenvalue weighted by molar-refractivity contribution is -0.120. The summed E-state index contributed by atoms with van der Waals surface area (Å²) in [7, 11) is 0. The van der Waals surface area contributed by atoms with Crippen LogP contribution in [0.5, 0.6) is 0 Å². The van der Waals surface area contributed by atoms with Gasteiger partial charge in [0, 0.05) is 5.02 Å². The molecule has 2 N–H and O–H groups in total. The standard InChI is InChI=1S/C16H12Cl2FN3O2/c17-11-4-5-13(14(18)7-11)16(24)20-9-15(23)22-21-8-10-2-1-3-12(19)6-10/h1-8H,9H2,(H,20,24)(H,22,23)/b21-8+. The molecule has 24 heavy (non-hydrogen) atoms. The van der Waals surface area contributed by atoms with E-state index in [1.807, 2.05) is 0 Å². The maximum Gasteiger partial charge on any atom is 0.259 e. The summed E-state index contributed by atoms with van der Waals surface area (Å²) in [5.74, 6) is -1.46. The Morgan fingerprint density at radius 3 is 2.67 bits per heavy atom. The van der Waals surface area contributed by atoms with Crippen molar-refractivity contribution in [2.45, 2.75) is 0 Å². The zero-order chi connectivity index (χ0) is 17.5. The van der Waals surface area contributed by atoms with E-state index in [9.17, 15) is 14.0 Å². The van der Waals surface area contributed by atoms with Crippen LogP contribution >= 0.6 is 23.2 Å². The van der Waals surface area contributed by atoms with Gasteiger partial charge in [-0.3, -0.25) is 9.59 Å². The molecule has 0 spiro atoms. The van der Waals surface area contributed by atoms with Gasteiger partial charge in [-0.25, -0.2) is 9.82 Å². The van der Waals surface area contributed by atoms with E-state index in [2.05, 4.69) is 15.8 Å². The Morgan fingerprint density at radius 2 is 1.96 bits per heavy atom. The van der Waals surface area contributed by atoms with Crippen LogP contribution in [0.25, 0.3) is 0 Å². The van der Waals surface area contributed by atoms with Crippen molar-refractivity contribution in [3.05, 3.63) is 69.5 Å². The SMILES string of the molecule is O=C(CNC(=O)c1ccc(Cl)cc1Cl)N/N=C/c1cccc(F)c1. The number of hydrogen-bond acceptors (Lipinski definition) is 3. The van der Waals surface area contributed by atoms with Crippen LogP contribution in [0.15, 0.2) is 47.6 Å². The van der Waals surface area contributed by atoms with E-state index in [1.54, 1.807) is 6.07 Å². The Bertz CT molecular complexity index is 797. The molecule has 124 valence electrons. The van der Waals surface area contributed by atoms with Crippen molar-refractivity contribution in [2.75, 3.05) is 6.54 Å². The van der Waals surface area contributed by atoms with Crippen molar-refractivity contribution >= 4 is 41.2 Å². The van der Waals surface area contributed by atoms with Crippen molar-refractivity contribution in [2.24, 2.45) is 5.10 Å². The Labute approximate surface area is 147 Å². The fourth-order valence-corrected chi connectivity index (χ4v) is 2.23. The third-order valence-corrected chi connectivity index (χ3v) is 3.38. The molecule has 0 saturated heterocycles. The van der Waals surface area contributed by atoms with Crippen molar-refractivity contribution in [3.63, 3.8) is 0 Å². The molecule has 0 bridgehead atoms. The van der Waals surface area contributed by atoms with Crippen LogP contribution in [-0.4, -0.2) is 24.6 Å². The quantitative estimate of drug-likeness (QED) is 0.629. The molecule has 0 aliphatic carbocycles. The fourth-order valence-electron chi connectivity index (χ4n) is 1.73. The van der Waals surface area contributed by atoms with Gasteiger partial charge in [0.2, 0.25) is 0 Å². The number of rotatable bonds is 5. The largest absolute Gasteiger partial charge is 0.343 e. The molecule has 0 atom stereocenters. The molecule has 5 nitrogen and oxygen atoms in total. The molecule has 2 aromatic rings. The normalized spacial score (nSPS) is 10.6. The zero-order valence-electron chi connectivity index (χ0n) is 12.2. The van der Waals surface area contributed by atoms with Gasteiger partial charge in [-0.05, 0) is 35.9 Å². The van der Waals surface area contributed by atoms with Gasteiger partial charge in [-0.2, -0.15) is 5.10 Å². The lowest BCUT2D eigenvalue weighted by atomic mass is 10.2. The number of nitrogens with zero attached hydrogens (tertiary/aromatic N) is 1. The average molecular weight is 368 g/mol. The molecule has 0 heterocycles. The van der Waals surface area contributed by atoms with Crippen LogP contribution in [0.4, 0.5) is 4.39 Å². The van der Waals surface area contributed by atoms with Gasteiger partial charge in [0.05, 0.1) is 23.3 Å². The molecule has 0 fully saturated rings. The van der Waals surface area contributed by atoms with Crippen LogP contribution in [0.1, 0.15) is 15.9 Å². The molecular weight excluding hydrogens is 356 g/mol. The van der Waals surface area contributed by atoms with Crippen LogP contribution in [0.3, 0.4) is 0 Å². The highest BCUT2D eigenvalue weighted by atomic mass is 35.5. The lowest BCUT2D eigenvalue weighted by Gasteiger charge is -2.06. The van der Waals surface area contributed by atoms with Crippen LogP contribution in [0.2, 0.25) is 10.0 Å². The minimum atomic E-state index is -0.541. The molecular formula is C16H12Cl2FN3O2. The number of carbonyl (C=O) groups excluding carboxylic acids is 2. The van der Waals surface area contributed by atoms with Gasteiger partial charge in [-0.15, -0.1) is 0 Å². The molecule has 2 rings (SSSR count). The van der Waals surface area contributed by atoms with Gasteiger partial charge in [0.15, 0.2) is 0 Å². The monoisotopic (exact) mass is 367 g/mol. The fraction of sp³-hybridized carbons (Fsp3) is 0.0625. The number of hydrazone groups is 1. The predicted octanol–water partition coefficient (Wildman–Crippen LogP) is 3.01. The summed E-state index contributed by atoms with van der Waals surface area (Å²) in [4.78, 5) is 23.5. The summed E-state index contributed by atoms with van der Waals surface area (Å²) in [5, 5.41) is 6.67. The summed E-state index contributed by atoms with van der Waals surface area (Å²) in [6.45, 7) is -0.293. The first kappa shape index (κ1) is 17.9. The second-order valence-corrected chi connectivity index (χ2v) is 5.50. The molecule has 0 aromatic heterocycles. The van der Waals surface area contributed by atoms with Gasteiger partial charge < -0.3 is 5.32 Å². The van der Waals surface area contributed by atoms with E-state index in [4.69, 9.17) is 23.2 Å². The maximum absolute atomic E-state index is 13.0. The third-order valence-electron chi connectivity index (χ3n) is 2.84. The lowest BCUT2D eigenvalue weighted by Crippen LogP contribution is -2.35. The summed E-state index contributed by atoms with van der Waals surface area (Å²) in [5.41, 5.74) is 2.92. The number of amides is 2. The van der Waals surface area contributed by atoms with E-state index < -0.39 is 17.6 Å². The summed E-state index contributed by atoms with van der Waals surface area (Å²) < 4.78 is 13.0. The first-order valence-corrected chi connectivity index (χ1v) is 7.52. The van der Waals surface area contributed by atoms with Crippen molar-refractivity contribution < 1.29 is 14.0 Å². The topological polar surface area (TPSA) is 70.6 Å². The molecule has 0 aliphatic rings. The average Bonchev–Trinajstić information content (AvgIpc) is 2.53. The van der Waals surface area contributed by atoms with Crippen molar-refractivity contribution in [1.82, 2.24) is 10.7 Å². The first-order valence-electron chi connectivity index (χ1n) is 6.76. The van der Waals surface area contributed by atoms with E-state index in [0.717, 1.165) is 0 Å². The first-order chi connectivity index (χ1) is 11.5. The number of halogens is 3. The Balaban J connectivity index is 1.83. The molecule has 0 unspecified atom stereocenters. The maximum atomic E-state index is 13.0. The summed E-state index contributed by atoms with van der Waals surface area (Å²) >= 11 is 11.7. The van der Waals surface area contributed by atoms with E-state index in [-0.39, 0.29) is 17.1 Å². The second-order valence-electron chi connectivity index (χ2n) is 4.66. The summed E-state index contributed by atoms with van der Waals surface area (Å²) in [6, 6.07) is 10.1. The van der Waals surface area contributed by atoms with Crippen molar-refractivity contribution in [1.29, 1.82) is 0 Å². The number of benzene rings is 2. The smallest absolute Gasteiger partial charge is 0.259 e. The molecule has 0 saturated carbocycles. The van der Waals surface area contributed by atoms with Crippen LogP contribution < -0.4 is 10.7 Å². The number of hydrogen-bond donors (Lipinski definition) is 2. The number of nitrogens with one attached hydrogen (secondary N) is 2.